The van der Waals surface area contributed by atoms with Crippen molar-refractivity contribution in [2.45, 2.75) is 6.17 Å². The molecule has 0 saturated carbocycles. The van der Waals surface area contributed by atoms with Gasteiger partial charge in [-0.3, -0.25) is 0 Å². The van der Waals surface area contributed by atoms with E-state index in [0.29, 0.717) is 0 Å². The van der Waals surface area contributed by atoms with Crippen LogP contribution in [0.4, 0.5) is 4.39 Å². The maximum atomic E-state index is 12.7. The van der Waals surface area contributed by atoms with E-state index in [-0.39, 0.29) is 22.6 Å². The van der Waals surface area contributed by atoms with Gasteiger partial charge in [0.05, 0.1) is 0 Å². The first-order valence-electron chi connectivity index (χ1n) is 3.13. The SMILES string of the molecule is O=C(O)[C@H](F)c1ccccc1.[SeH2]. The van der Waals surface area contributed by atoms with Crippen LogP contribution < -0.4 is 0 Å². The van der Waals surface area contributed by atoms with Crippen molar-refractivity contribution in [1.82, 2.24) is 0 Å². The Morgan fingerprint density at radius 2 is 1.83 bits per heavy atom. The normalized spacial score (nSPS) is 11.4. The fraction of sp³-hybridized carbons (Fsp3) is 0.125. The van der Waals surface area contributed by atoms with Crippen LogP contribution in [0.2, 0.25) is 0 Å². The van der Waals surface area contributed by atoms with Gasteiger partial charge in [-0.1, -0.05) is 30.3 Å². The summed E-state index contributed by atoms with van der Waals surface area (Å²) >= 11 is 0. The summed E-state index contributed by atoms with van der Waals surface area (Å²) in [6.45, 7) is 0. The monoisotopic (exact) mass is 236 g/mol. The first-order chi connectivity index (χ1) is 5.22. The first-order valence-corrected chi connectivity index (χ1v) is 3.13. The van der Waals surface area contributed by atoms with Gasteiger partial charge in [0, 0.05) is 0 Å². The molecular formula is C8H9FO2Se. The Bertz CT molecular complexity index is 250. The second-order valence-corrected chi connectivity index (χ2v) is 2.11. The standard InChI is InChI=1S/C8H7FO2.H2Se/c9-7(8(10)11)6-4-2-1-3-5-6;/h1-5,7H,(H,10,11);1H2/t7-;/m1./s1. The van der Waals surface area contributed by atoms with E-state index in [1.165, 1.54) is 12.1 Å². The molecule has 1 aromatic rings. The molecule has 0 bridgehead atoms. The molecule has 0 aromatic heterocycles. The molecule has 0 fully saturated rings. The van der Waals surface area contributed by atoms with Crippen LogP contribution in [0.5, 0.6) is 0 Å². The van der Waals surface area contributed by atoms with Gasteiger partial charge in [-0.2, -0.15) is 0 Å². The van der Waals surface area contributed by atoms with E-state index in [4.69, 9.17) is 5.11 Å². The van der Waals surface area contributed by atoms with Crippen molar-refractivity contribution in [3.63, 3.8) is 0 Å². The van der Waals surface area contributed by atoms with Crippen LogP contribution in [0.25, 0.3) is 0 Å². The number of rotatable bonds is 2. The van der Waals surface area contributed by atoms with Gasteiger partial charge in [-0.25, -0.2) is 9.18 Å². The van der Waals surface area contributed by atoms with E-state index >= 15 is 0 Å². The summed E-state index contributed by atoms with van der Waals surface area (Å²) in [6.07, 6.45) is -1.91. The van der Waals surface area contributed by atoms with Crippen LogP contribution in [0.15, 0.2) is 30.3 Å². The van der Waals surface area contributed by atoms with Gasteiger partial charge in [0.1, 0.15) is 0 Å². The summed E-state index contributed by atoms with van der Waals surface area (Å²) in [5, 5.41) is 8.26. The van der Waals surface area contributed by atoms with Crippen LogP contribution >= 0.6 is 0 Å². The molecule has 1 N–H and O–H groups in total. The zero-order valence-corrected chi connectivity index (χ0v) is 8.30. The third kappa shape index (κ3) is 2.64. The van der Waals surface area contributed by atoms with Gasteiger partial charge in [-0.15, -0.1) is 0 Å². The topological polar surface area (TPSA) is 37.3 Å². The number of benzene rings is 1. The molecule has 0 aliphatic rings. The molecule has 2 nitrogen and oxygen atoms in total. The molecule has 0 heterocycles. The molecule has 4 heteroatoms. The molecule has 0 saturated heterocycles. The van der Waals surface area contributed by atoms with E-state index in [1.807, 2.05) is 0 Å². The number of halogens is 1. The fourth-order valence-corrected chi connectivity index (χ4v) is 0.765. The second-order valence-electron chi connectivity index (χ2n) is 2.11. The number of carboxylic acid groups (broad SMARTS) is 1. The summed E-state index contributed by atoms with van der Waals surface area (Å²) in [4.78, 5) is 10.1. The summed E-state index contributed by atoms with van der Waals surface area (Å²) in [7, 11) is 0. The average Bonchev–Trinajstić information content (AvgIpc) is 2.05. The number of hydrogen-bond donors (Lipinski definition) is 1. The minimum absolute atomic E-state index is 0. The molecule has 0 aliphatic carbocycles. The van der Waals surface area contributed by atoms with Crippen molar-refractivity contribution in [3.05, 3.63) is 35.9 Å². The molecular weight excluding hydrogens is 226 g/mol. The van der Waals surface area contributed by atoms with E-state index < -0.39 is 12.1 Å². The number of alkyl halides is 1. The van der Waals surface area contributed by atoms with Crippen molar-refractivity contribution in [3.8, 4) is 0 Å². The van der Waals surface area contributed by atoms with Crippen LogP contribution in [0, 0.1) is 0 Å². The van der Waals surface area contributed by atoms with E-state index in [2.05, 4.69) is 0 Å². The molecule has 12 heavy (non-hydrogen) atoms. The summed E-state index contributed by atoms with van der Waals surface area (Å²) in [6, 6.07) is 7.80. The van der Waals surface area contributed by atoms with Gasteiger partial charge in [0.25, 0.3) is 0 Å². The van der Waals surface area contributed by atoms with Crippen LogP contribution in [-0.4, -0.2) is 28.1 Å². The van der Waals surface area contributed by atoms with Crippen molar-refractivity contribution in [2.24, 2.45) is 0 Å². The summed E-state index contributed by atoms with van der Waals surface area (Å²) in [5.74, 6) is -1.45. The Morgan fingerprint density at radius 1 is 1.33 bits per heavy atom. The molecule has 1 atom stereocenters. The predicted molar refractivity (Wildman–Crippen MR) is 46.5 cm³/mol. The molecule has 66 valence electrons. The molecule has 0 aliphatic heterocycles. The van der Waals surface area contributed by atoms with E-state index in [1.54, 1.807) is 18.2 Å². The molecule has 0 unspecified atom stereocenters. The van der Waals surface area contributed by atoms with Gasteiger partial charge >= 0.3 is 23.0 Å². The van der Waals surface area contributed by atoms with Gasteiger partial charge in [0.15, 0.2) is 0 Å². The Kier molecular flexibility index (Phi) is 4.55. The number of hydrogen-bond acceptors (Lipinski definition) is 1. The Balaban J connectivity index is 0.00000121. The van der Waals surface area contributed by atoms with E-state index in [9.17, 15) is 9.18 Å². The minimum atomic E-state index is -1.91. The zero-order valence-electron chi connectivity index (χ0n) is 6.20. The van der Waals surface area contributed by atoms with Crippen molar-refractivity contribution >= 4 is 23.0 Å². The summed E-state index contributed by atoms with van der Waals surface area (Å²) < 4.78 is 12.7. The zero-order chi connectivity index (χ0) is 8.27. The van der Waals surface area contributed by atoms with Crippen LogP contribution in [0.3, 0.4) is 0 Å². The van der Waals surface area contributed by atoms with E-state index in [0.717, 1.165) is 0 Å². The second kappa shape index (κ2) is 4.91. The van der Waals surface area contributed by atoms with Crippen molar-refractivity contribution in [2.75, 3.05) is 0 Å². The molecule has 0 spiro atoms. The summed E-state index contributed by atoms with van der Waals surface area (Å²) in [5.41, 5.74) is 0.181. The first kappa shape index (κ1) is 11.1. The third-order valence-corrected chi connectivity index (χ3v) is 1.31. The molecule has 1 rings (SSSR count). The number of aliphatic carboxylic acids is 1. The quantitative estimate of drug-likeness (QED) is 0.772. The third-order valence-electron chi connectivity index (χ3n) is 1.31. The predicted octanol–water partition coefficient (Wildman–Crippen LogP) is 0.866. The van der Waals surface area contributed by atoms with Crippen LogP contribution in [-0.2, 0) is 4.79 Å². The average molecular weight is 235 g/mol. The van der Waals surface area contributed by atoms with Gasteiger partial charge in [-0.05, 0) is 5.56 Å². The Hall–Kier alpha value is -0.861. The molecule has 0 amide bonds. The van der Waals surface area contributed by atoms with Crippen molar-refractivity contribution in [1.29, 1.82) is 0 Å². The van der Waals surface area contributed by atoms with Gasteiger partial charge < -0.3 is 5.11 Å². The Morgan fingerprint density at radius 3 is 2.25 bits per heavy atom. The number of carbonyl (C=O) groups is 1. The molecule has 1 aromatic carbocycles. The molecule has 0 radical (unpaired) electrons. The van der Waals surface area contributed by atoms with Gasteiger partial charge in [0.2, 0.25) is 6.17 Å². The Labute approximate surface area is 79.9 Å². The van der Waals surface area contributed by atoms with Crippen LogP contribution in [0.1, 0.15) is 11.7 Å². The van der Waals surface area contributed by atoms with Crippen molar-refractivity contribution < 1.29 is 14.3 Å². The fourth-order valence-electron chi connectivity index (χ4n) is 0.765. The number of carboxylic acids is 1. The maximum absolute atomic E-state index is 12.7.